The minimum Gasteiger partial charge on any atom is -0.497 e. The molecule has 1 N–H and O–H groups in total. The third kappa shape index (κ3) is 3.98. The highest BCUT2D eigenvalue weighted by Crippen LogP contribution is 2.11. The molecule has 20 heavy (non-hydrogen) atoms. The van der Waals surface area contributed by atoms with Gasteiger partial charge in [0.1, 0.15) is 17.3 Å². The van der Waals surface area contributed by atoms with Crippen LogP contribution in [0.25, 0.3) is 0 Å². The number of furan rings is 1. The lowest BCUT2D eigenvalue weighted by molar-refractivity contribution is -0.120. The van der Waals surface area contributed by atoms with Crippen LogP contribution in [0.1, 0.15) is 17.1 Å². The molecule has 5 nitrogen and oxygen atoms in total. The van der Waals surface area contributed by atoms with E-state index in [1.807, 2.05) is 37.3 Å². The van der Waals surface area contributed by atoms with Crippen LogP contribution in [0.3, 0.4) is 0 Å². The van der Waals surface area contributed by atoms with Gasteiger partial charge in [0.25, 0.3) is 0 Å². The number of ether oxygens (including phenoxy) is 1. The summed E-state index contributed by atoms with van der Waals surface area (Å²) < 4.78 is 10.4. The van der Waals surface area contributed by atoms with E-state index in [0.29, 0.717) is 5.76 Å². The highest BCUT2D eigenvalue weighted by molar-refractivity contribution is 5.81. The van der Waals surface area contributed by atoms with Crippen molar-refractivity contribution < 1.29 is 13.9 Å². The van der Waals surface area contributed by atoms with Crippen molar-refractivity contribution in [3.8, 4) is 5.75 Å². The lowest BCUT2D eigenvalue weighted by Crippen LogP contribution is -2.19. The highest BCUT2D eigenvalue weighted by atomic mass is 16.5. The van der Waals surface area contributed by atoms with Crippen LogP contribution in [-0.2, 0) is 11.2 Å². The van der Waals surface area contributed by atoms with Gasteiger partial charge < -0.3 is 9.15 Å². The number of hydrogen-bond acceptors (Lipinski definition) is 4. The maximum atomic E-state index is 11.7. The average Bonchev–Trinajstić information content (AvgIpc) is 2.85. The lowest BCUT2D eigenvalue weighted by Gasteiger charge is -2.02. The molecule has 0 saturated carbocycles. The molecule has 0 fully saturated rings. The van der Waals surface area contributed by atoms with Crippen LogP contribution in [0.15, 0.2) is 45.9 Å². The van der Waals surface area contributed by atoms with E-state index in [9.17, 15) is 4.79 Å². The molecule has 0 bridgehead atoms. The van der Waals surface area contributed by atoms with Crippen molar-refractivity contribution >= 4 is 12.1 Å². The van der Waals surface area contributed by atoms with Crippen LogP contribution < -0.4 is 10.2 Å². The number of nitrogens with zero attached hydrogens (tertiary/aromatic N) is 1. The third-order valence-electron chi connectivity index (χ3n) is 2.67. The number of methoxy groups -OCH3 is 1. The highest BCUT2D eigenvalue weighted by Gasteiger charge is 2.02. The molecule has 2 aromatic rings. The molecule has 104 valence electrons. The number of benzene rings is 1. The second kappa shape index (κ2) is 6.56. The smallest absolute Gasteiger partial charge is 0.244 e. The Balaban J connectivity index is 1.84. The molecule has 1 amide bonds. The van der Waals surface area contributed by atoms with Crippen LogP contribution in [0, 0.1) is 6.92 Å². The van der Waals surface area contributed by atoms with Crippen molar-refractivity contribution in [3.63, 3.8) is 0 Å². The molecule has 0 radical (unpaired) electrons. The van der Waals surface area contributed by atoms with Crippen molar-refractivity contribution in [2.45, 2.75) is 13.3 Å². The topological polar surface area (TPSA) is 63.8 Å². The monoisotopic (exact) mass is 272 g/mol. The molecular weight excluding hydrogens is 256 g/mol. The summed E-state index contributed by atoms with van der Waals surface area (Å²) in [6, 6.07) is 10.9. The molecule has 1 aromatic carbocycles. The van der Waals surface area contributed by atoms with E-state index in [1.165, 1.54) is 6.21 Å². The fourth-order valence-corrected chi connectivity index (χ4v) is 1.66. The van der Waals surface area contributed by atoms with Gasteiger partial charge in [0.05, 0.1) is 19.7 Å². The molecule has 1 aromatic heterocycles. The predicted molar refractivity (Wildman–Crippen MR) is 75.9 cm³/mol. The largest absolute Gasteiger partial charge is 0.497 e. The first-order chi connectivity index (χ1) is 9.67. The minimum absolute atomic E-state index is 0.185. The van der Waals surface area contributed by atoms with Crippen LogP contribution in [-0.4, -0.2) is 19.2 Å². The molecule has 0 saturated heterocycles. The number of aryl methyl sites for hydroxylation is 1. The van der Waals surface area contributed by atoms with E-state index in [1.54, 1.807) is 13.2 Å². The summed E-state index contributed by atoms with van der Waals surface area (Å²) in [5, 5.41) is 3.84. The van der Waals surface area contributed by atoms with Crippen molar-refractivity contribution in [1.29, 1.82) is 0 Å². The molecule has 0 aliphatic rings. The van der Waals surface area contributed by atoms with Gasteiger partial charge in [-0.15, -0.1) is 0 Å². The van der Waals surface area contributed by atoms with Gasteiger partial charge in [-0.1, -0.05) is 12.1 Å². The Morgan fingerprint density at radius 2 is 2.05 bits per heavy atom. The summed E-state index contributed by atoms with van der Waals surface area (Å²) >= 11 is 0. The van der Waals surface area contributed by atoms with E-state index >= 15 is 0 Å². The molecule has 0 unspecified atom stereocenters. The van der Waals surface area contributed by atoms with Gasteiger partial charge in [-0.3, -0.25) is 4.79 Å². The normalized spacial score (nSPS) is 10.7. The zero-order chi connectivity index (χ0) is 14.4. The van der Waals surface area contributed by atoms with E-state index in [-0.39, 0.29) is 12.3 Å². The summed E-state index contributed by atoms with van der Waals surface area (Å²) in [5.74, 6) is 1.98. The van der Waals surface area contributed by atoms with E-state index in [0.717, 1.165) is 17.1 Å². The average molecular weight is 272 g/mol. The Labute approximate surface area is 117 Å². The molecule has 0 atom stereocenters. The van der Waals surface area contributed by atoms with Crippen LogP contribution in [0.5, 0.6) is 5.75 Å². The first-order valence-electron chi connectivity index (χ1n) is 6.18. The van der Waals surface area contributed by atoms with Crippen molar-refractivity contribution in [3.05, 3.63) is 53.5 Å². The fraction of sp³-hybridized carbons (Fsp3) is 0.200. The molecule has 0 aliphatic carbocycles. The molecular formula is C15H16N2O3. The Hall–Kier alpha value is -2.56. The van der Waals surface area contributed by atoms with E-state index in [2.05, 4.69) is 10.5 Å². The standard InChI is InChI=1S/C15H16N2O3/c1-11-3-6-14(20-11)10-16-17-15(18)9-12-4-7-13(19-2)8-5-12/h3-8,10H,9H2,1-2H3,(H,17,18)/b16-10+. The number of carbonyl (C=O) groups excluding carboxylic acids is 1. The quantitative estimate of drug-likeness (QED) is 0.671. The number of nitrogens with one attached hydrogen (secondary N) is 1. The Morgan fingerprint density at radius 1 is 1.30 bits per heavy atom. The van der Waals surface area contributed by atoms with Gasteiger partial charge in [-0.05, 0) is 36.8 Å². The van der Waals surface area contributed by atoms with Gasteiger partial charge in [0.15, 0.2) is 0 Å². The molecule has 0 spiro atoms. The van der Waals surface area contributed by atoms with Crippen LogP contribution in [0.2, 0.25) is 0 Å². The number of amides is 1. The summed E-state index contributed by atoms with van der Waals surface area (Å²) in [6.07, 6.45) is 1.73. The molecule has 2 rings (SSSR count). The summed E-state index contributed by atoms with van der Waals surface area (Å²) in [5.41, 5.74) is 3.35. The van der Waals surface area contributed by atoms with Gasteiger partial charge in [-0.25, -0.2) is 5.43 Å². The number of rotatable bonds is 5. The van der Waals surface area contributed by atoms with Crippen molar-refractivity contribution in [1.82, 2.24) is 5.43 Å². The van der Waals surface area contributed by atoms with Gasteiger partial charge in [0, 0.05) is 0 Å². The van der Waals surface area contributed by atoms with Crippen LogP contribution in [0.4, 0.5) is 0 Å². The second-order valence-corrected chi connectivity index (χ2v) is 4.27. The van der Waals surface area contributed by atoms with Gasteiger partial charge in [0.2, 0.25) is 5.91 Å². The van der Waals surface area contributed by atoms with Crippen molar-refractivity contribution in [2.75, 3.05) is 7.11 Å². The zero-order valence-corrected chi connectivity index (χ0v) is 11.4. The zero-order valence-electron chi connectivity index (χ0n) is 11.4. The van der Waals surface area contributed by atoms with E-state index in [4.69, 9.17) is 9.15 Å². The number of hydrazone groups is 1. The van der Waals surface area contributed by atoms with Gasteiger partial charge >= 0.3 is 0 Å². The summed E-state index contributed by atoms with van der Waals surface area (Å²) in [6.45, 7) is 1.85. The molecule has 5 heteroatoms. The Kier molecular flexibility index (Phi) is 4.55. The predicted octanol–water partition coefficient (Wildman–Crippen LogP) is 2.29. The Bertz CT molecular complexity index is 600. The summed E-state index contributed by atoms with van der Waals surface area (Å²) in [4.78, 5) is 11.7. The SMILES string of the molecule is COc1ccc(CC(=O)N/N=C/c2ccc(C)o2)cc1. The Morgan fingerprint density at radius 3 is 2.65 bits per heavy atom. The van der Waals surface area contributed by atoms with Crippen LogP contribution >= 0.6 is 0 Å². The maximum absolute atomic E-state index is 11.7. The number of carbonyl (C=O) groups is 1. The lowest BCUT2D eigenvalue weighted by atomic mass is 10.1. The first kappa shape index (κ1) is 13.9. The molecule has 1 heterocycles. The fourth-order valence-electron chi connectivity index (χ4n) is 1.66. The first-order valence-corrected chi connectivity index (χ1v) is 6.18. The van der Waals surface area contributed by atoms with Gasteiger partial charge in [-0.2, -0.15) is 5.10 Å². The maximum Gasteiger partial charge on any atom is 0.244 e. The summed E-state index contributed by atoms with van der Waals surface area (Å²) in [7, 11) is 1.60. The second-order valence-electron chi connectivity index (χ2n) is 4.27. The third-order valence-corrected chi connectivity index (χ3v) is 2.67. The number of hydrogen-bond donors (Lipinski definition) is 1. The van der Waals surface area contributed by atoms with Crippen molar-refractivity contribution in [2.24, 2.45) is 5.10 Å². The van der Waals surface area contributed by atoms with E-state index < -0.39 is 0 Å². The molecule has 0 aliphatic heterocycles. The minimum atomic E-state index is -0.185.